The maximum absolute atomic E-state index is 10.2. The van der Waals surface area contributed by atoms with E-state index in [0.717, 1.165) is 29.0 Å². The molecule has 0 bridgehead atoms. The molecular weight excluding hydrogens is 382 g/mol. The van der Waals surface area contributed by atoms with Crippen molar-refractivity contribution in [2.45, 2.75) is 103 Å². The first-order valence-corrected chi connectivity index (χ1v) is 13.0. The highest BCUT2D eigenvalue weighted by atomic mass is 16.3. The Labute approximate surface area is 190 Å². The van der Waals surface area contributed by atoms with Crippen molar-refractivity contribution in [3.63, 3.8) is 0 Å². The predicted molar refractivity (Wildman–Crippen MR) is 129 cm³/mol. The van der Waals surface area contributed by atoms with Crippen LogP contribution in [0, 0.1) is 23.2 Å². The Bertz CT molecular complexity index is 725. The van der Waals surface area contributed by atoms with Crippen LogP contribution in [0.2, 0.25) is 0 Å². The molecule has 4 aliphatic rings. The van der Waals surface area contributed by atoms with Gasteiger partial charge in [-0.1, -0.05) is 44.6 Å². The molecule has 1 heterocycles. The Morgan fingerprint density at radius 1 is 1.16 bits per heavy atom. The van der Waals surface area contributed by atoms with Gasteiger partial charge in [-0.05, 0) is 99.1 Å². The third kappa shape index (κ3) is 4.75. The average molecular weight is 428 g/mol. The summed E-state index contributed by atoms with van der Waals surface area (Å²) in [6.07, 6.45) is 15.2. The van der Waals surface area contributed by atoms with Gasteiger partial charge in [0.25, 0.3) is 0 Å². The fraction of sp³-hybridized carbons (Fsp3) is 0.786. The zero-order chi connectivity index (χ0) is 22.2. The van der Waals surface area contributed by atoms with Crippen molar-refractivity contribution in [2.24, 2.45) is 23.2 Å². The van der Waals surface area contributed by atoms with Gasteiger partial charge in [0, 0.05) is 19.0 Å². The van der Waals surface area contributed by atoms with Gasteiger partial charge in [0.05, 0.1) is 12.2 Å². The molecular formula is C28H45NO2. The molecule has 0 amide bonds. The largest absolute Gasteiger partial charge is 0.393 e. The van der Waals surface area contributed by atoms with Crippen molar-refractivity contribution >= 4 is 0 Å². The second kappa shape index (κ2) is 9.53. The van der Waals surface area contributed by atoms with Gasteiger partial charge in [0.15, 0.2) is 0 Å². The molecule has 3 heteroatoms. The summed E-state index contributed by atoms with van der Waals surface area (Å²) in [7, 11) is 0. The van der Waals surface area contributed by atoms with E-state index in [4.69, 9.17) is 0 Å². The van der Waals surface area contributed by atoms with Crippen LogP contribution in [0.1, 0.15) is 85.0 Å². The molecule has 4 rings (SSSR count). The summed E-state index contributed by atoms with van der Waals surface area (Å²) in [5.41, 5.74) is 3.86. The zero-order valence-corrected chi connectivity index (χ0v) is 20.2. The Morgan fingerprint density at radius 3 is 2.74 bits per heavy atom. The first-order valence-electron chi connectivity index (χ1n) is 13.0. The minimum atomic E-state index is -0.598. The van der Waals surface area contributed by atoms with Crippen molar-refractivity contribution in [3.05, 3.63) is 35.5 Å². The van der Waals surface area contributed by atoms with Gasteiger partial charge in [-0.2, -0.15) is 0 Å². The molecule has 4 fully saturated rings. The van der Waals surface area contributed by atoms with E-state index < -0.39 is 12.2 Å². The SMILES string of the molecule is C=C1C(=CC=C2CCC[C@]3(C)[C@@H](C(C)CN4CCCCC4C)CC[C@@H]23)C[C@@H](O)C[C@@H]1O. The van der Waals surface area contributed by atoms with Gasteiger partial charge in [0.1, 0.15) is 0 Å². The van der Waals surface area contributed by atoms with E-state index in [1.54, 1.807) is 5.57 Å². The number of fused-ring (bicyclic) bond motifs is 1. The van der Waals surface area contributed by atoms with Crippen LogP contribution in [0.15, 0.2) is 35.5 Å². The Hall–Kier alpha value is -0.900. The summed E-state index contributed by atoms with van der Waals surface area (Å²) in [6.45, 7) is 14.2. The molecule has 3 aliphatic carbocycles. The van der Waals surface area contributed by atoms with E-state index in [2.05, 4.69) is 44.4 Å². The summed E-state index contributed by atoms with van der Waals surface area (Å²) >= 11 is 0. The summed E-state index contributed by atoms with van der Waals surface area (Å²) < 4.78 is 0. The third-order valence-corrected chi connectivity index (χ3v) is 9.45. The number of aliphatic hydroxyl groups is 2. The molecule has 2 N–H and O–H groups in total. The van der Waals surface area contributed by atoms with Crippen LogP contribution in [-0.4, -0.2) is 46.5 Å². The van der Waals surface area contributed by atoms with Gasteiger partial charge in [-0.15, -0.1) is 0 Å². The van der Waals surface area contributed by atoms with Crippen LogP contribution in [0.5, 0.6) is 0 Å². The van der Waals surface area contributed by atoms with Crippen LogP contribution < -0.4 is 0 Å². The third-order valence-electron chi connectivity index (χ3n) is 9.45. The maximum Gasteiger partial charge on any atom is 0.0811 e. The minimum Gasteiger partial charge on any atom is -0.393 e. The summed E-state index contributed by atoms with van der Waals surface area (Å²) in [5, 5.41) is 20.2. The van der Waals surface area contributed by atoms with Crippen LogP contribution >= 0.6 is 0 Å². The second-order valence-electron chi connectivity index (χ2n) is 11.5. The minimum absolute atomic E-state index is 0.419. The van der Waals surface area contributed by atoms with Crippen molar-refractivity contribution in [1.29, 1.82) is 0 Å². The Kier molecular flexibility index (Phi) is 7.15. The fourth-order valence-corrected chi connectivity index (χ4v) is 7.61. The molecule has 3 saturated carbocycles. The number of aliphatic hydroxyl groups excluding tert-OH is 2. The molecule has 7 atom stereocenters. The zero-order valence-electron chi connectivity index (χ0n) is 20.2. The number of nitrogens with zero attached hydrogens (tertiary/aromatic N) is 1. The Morgan fingerprint density at radius 2 is 1.97 bits per heavy atom. The molecule has 0 spiro atoms. The Balaban J connectivity index is 1.48. The second-order valence-corrected chi connectivity index (χ2v) is 11.5. The molecule has 0 aromatic carbocycles. The number of rotatable bonds is 4. The number of hydrogen-bond donors (Lipinski definition) is 2. The molecule has 2 unspecified atom stereocenters. The molecule has 1 saturated heterocycles. The number of hydrogen-bond acceptors (Lipinski definition) is 3. The van der Waals surface area contributed by atoms with Crippen molar-refractivity contribution in [3.8, 4) is 0 Å². The summed E-state index contributed by atoms with van der Waals surface area (Å²) in [6, 6.07) is 0.754. The van der Waals surface area contributed by atoms with E-state index in [1.165, 1.54) is 64.5 Å². The quantitative estimate of drug-likeness (QED) is 0.610. The lowest BCUT2D eigenvalue weighted by Crippen LogP contribution is -2.44. The maximum atomic E-state index is 10.2. The number of likely N-dealkylation sites (tertiary alicyclic amines) is 1. The molecule has 0 aromatic rings. The normalized spacial score (nSPS) is 43.4. The predicted octanol–water partition coefficient (Wildman–Crippen LogP) is 5.64. The smallest absolute Gasteiger partial charge is 0.0811 e. The monoisotopic (exact) mass is 427 g/mol. The van der Waals surface area contributed by atoms with Crippen molar-refractivity contribution < 1.29 is 10.2 Å². The molecule has 31 heavy (non-hydrogen) atoms. The first kappa shape index (κ1) is 23.3. The first-order chi connectivity index (χ1) is 14.8. The highest BCUT2D eigenvalue weighted by molar-refractivity contribution is 5.38. The number of piperidine rings is 1. The fourth-order valence-electron chi connectivity index (χ4n) is 7.61. The lowest BCUT2D eigenvalue weighted by atomic mass is 9.61. The lowest BCUT2D eigenvalue weighted by molar-refractivity contribution is 0.0598. The molecule has 3 nitrogen and oxygen atoms in total. The molecule has 0 radical (unpaired) electrons. The number of allylic oxidation sites excluding steroid dienone is 3. The highest BCUT2D eigenvalue weighted by Gasteiger charge is 2.50. The van der Waals surface area contributed by atoms with Gasteiger partial charge in [-0.25, -0.2) is 0 Å². The topological polar surface area (TPSA) is 43.7 Å². The van der Waals surface area contributed by atoms with Crippen LogP contribution in [-0.2, 0) is 0 Å². The molecule has 174 valence electrons. The van der Waals surface area contributed by atoms with Crippen LogP contribution in [0.4, 0.5) is 0 Å². The molecule has 1 aliphatic heterocycles. The van der Waals surface area contributed by atoms with Gasteiger partial charge in [0.2, 0.25) is 0 Å². The summed E-state index contributed by atoms with van der Waals surface area (Å²) in [5.74, 6) is 2.27. The van der Waals surface area contributed by atoms with E-state index in [-0.39, 0.29) is 0 Å². The molecule has 0 aromatic heterocycles. The van der Waals surface area contributed by atoms with Crippen molar-refractivity contribution in [2.75, 3.05) is 13.1 Å². The summed E-state index contributed by atoms with van der Waals surface area (Å²) in [4.78, 5) is 2.76. The van der Waals surface area contributed by atoms with Gasteiger partial charge in [-0.3, -0.25) is 0 Å². The van der Waals surface area contributed by atoms with E-state index in [9.17, 15) is 10.2 Å². The average Bonchev–Trinajstić information content (AvgIpc) is 3.09. The lowest BCUT2D eigenvalue weighted by Gasteiger charge is -2.46. The van der Waals surface area contributed by atoms with E-state index in [1.807, 2.05) is 0 Å². The standard InChI is InChI=1S/C28H45NO2/c1-19(18-29-15-6-5-8-20(29)2)25-12-13-26-22(9-7-14-28(25,26)4)10-11-23-16-24(30)17-27(31)21(23)3/h10-11,19-20,24-27,30-31H,3,5-9,12-18H2,1-2,4H3/t19?,20?,24-,25-,26+,27+,28-/m1/s1. The van der Waals surface area contributed by atoms with Gasteiger partial charge < -0.3 is 15.1 Å². The van der Waals surface area contributed by atoms with Crippen LogP contribution in [0.25, 0.3) is 0 Å². The van der Waals surface area contributed by atoms with Gasteiger partial charge >= 0.3 is 0 Å². The van der Waals surface area contributed by atoms with Crippen molar-refractivity contribution in [1.82, 2.24) is 4.90 Å². The van der Waals surface area contributed by atoms with E-state index in [0.29, 0.717) is 24.2 Å². The van der Waals surface area contributed by atoms with Crippen LogP contribution in [0.3, 0.4) is 0 Å². The highest BCUT2D eigenvalue weighted by Crippen LogP contribution is 2.59. The van der Waals surface area contributed by atoms with E-state index >= 15 is 0 Å².